The van der Waals surface area contributed by atoms with Gasteiger partial charge in [-0.25, -0.2) is 0 Å². The maximum Gasteiger partial charge on any atom is 0.0810 e. The first-order valence-corrected chi connectivity index (χ1v) is 12.7. The van der Waals surface area contributed by atoms with Gasteiger partial charge >= 0.3 is 0 Å². The highest BCUT2D eigenvalue weighted by Gasteiger charge is 2.22. The van der Waals surface area contributed by atoms with Gasteiger partial charge in [0.1, 0.15) is 0 Å². The maximum atomic E-state index is 6.09. The first-order valence-electron chi connectivity index (χ1n) is 10.3. The van der Waals surface area contributed by atoms with Crippen molar-refractivity contribution in [3.8, 4) is 21.6 Å². The van der Waals surface area contributed by atoms with Gasteiger partial charge in [-0.15, -0.1) is 23.7 Å². The maximum absolute atomic E-state index is 6.09. The molecule has 0 aliphatic carbocycles. The molecular weight excluding hydrogens is 498 g/mol. The average molecular weight is 523 g/mol. The molecule has 0 bridgehead atoms. The zero-order valence-electron chi connectivity index (χ0n) is 16.7. The second-order valence-electron chi connectivity index (χ2n) is 7.65. The van der Waals surface area contributed by atoms with E-state index < -0.39 is 0 Å². The van der Waals surface area contributed by atoms with E-state index >= 15 is 0 Å². The molecule has 3 aromatic rings. The zero-order valence-corrected chi connectivity index (χ0v) is 20.8. The molecule has 5 rings (SSSR count). The molecule has 1 fully saturated rings. The van der Waals surface area contributed by atoms with E-state index in [-0.39, 0.29) is 12.4 Å². The van der Waals surface area contributed by atoms with Crippen LogP contribution in [-0.2, 0) is 11.3 Å². The van der Waals surface area contributed by atoms with Gasteiger partial charge < -0.3 is 9.64 Å². The molecule has 1 saturated heterocycles. The van der Waals surface area contributed by atoms with Crippen LogP contribution >= 0.6 is 51.4 Å². The summed E-state index contributed by atoms with van der Waals surface area (Å²) in [5.74, 6) is 0. The number of hydrogen-bond acceptors (Lipinski definition) is 4. The van der Waals surface area contributed by atoms with Crippen LogP contribution in [0.4, 0.5) is 0 Å². The van der Waals surface area contributed by atoms with Gasteiger partial charge in [0.2, 0.25) is 0 Å². The van der Waals surface area contributed by atoms with Gasteiger partial charge in [-0.05, 0) is 61.8 Å². The molecule has 2 aromatic carbocycles. The molecule has 158 valence electrons. The molecule has 0 amide bonds. The lowest BCUT2D eigenvalue weighted by Gasteiger charge is -2.26. The van der Waals surface area contributed by atoms with Gasteiger partial charge in [0, 0.05) is 41.7 Å². The molecule has 2 aliphatic rings. The van der Waals surface area contributed by atoms with E-state index in [2.05, 4.69) is 69.4 Å². The van der Waals surface area contributed by atoms with Crippen LogP contribution in [0.2, 0.25) is 0 Å². The fraction of sp³-hybridized carbons (Fsp3) is 0.333. The Bertz CT molecular complexity index is 1020. The van der Waals surface area contributed by atoms with Crippen LogP contribution in [0.25, 0.3) is 21.6 Å². The summed E-state index contributed by atoms with van der Waals surface area (Å²) < 4.78 is 7.21. The Hall–Kier alpha value is -0.820. The van der Waals surface area contributed by atoms with Gasteiger partial charge in [0.15, 0.2) is 0 Å². The topological polar surface area (TPSA) is 12.5 Å². The summed E-state index contributed by atoms with van der Waals surface area (Å²) in [6.07, 6.45) is 4.06. The fourth-order valence-corrected chi connectivity index (χ4v) is 6.77. The summed E-state index contributed by atoms with van der Waals surface area (Å²) in [4.78, 5) is 7.84. The Morgan fingerprint density at radius 3 is 2.57 bits per heavy atom. The van der Waals surface area contributed by atoms with Crippen molar-refractivity contribution >= 4 is 51.4 Å². The quantitative estimate of drug-likeness (QED) is 0.249. The van der Waals surface area contributed by atoms with Crippen LogP contribution in [0.1, 0.15) is 24.1 Å². The third kappa shape index (κ3) is 4.82. The van der Waals surface area contributed by atoms with Crippen molar-refractivity contribution in [3.05, 3.63) is 57.9 Å². The number of piperidine rings is 1. The molecule has 0 radical (unpaired) electrons. The molecule has 6 heteroatoms. The summed E-state index contributed by atoms with van der Waals surface area (Å²) in [5, 5.41) is 0. The third-order valence-corrected chi connectivity index (χ3v) is 8.40. The Kier molecular flexibility index (Phi) is 7.61. The number of nitrogens with zero attached hydrogens (tertiary/aromatic N) is 1. The van der Waals surface area contributed by atoms with Crippen molar-refractivity contribution < 1.29 is 4.74 Å². The highest BCUT2D eigenvalue weighted by atomic mass is 79.9. The predicted molar refractivity (Wildman–Crippen MR) is 134 cm³/mol. The van der Waals surface area contributed by atoms with E-state index in [9.17, 15) is 0 Å². The fourth-order valence-electron chi connectivity index (χ4n) is 4.13. The minimum atomic E-state index is 0. The van der Waals surface area contributed by atoms with Crippen molar-refractivity contribution in [1.29, 1.82) is 0 Å². The SMILES string of the molecule is Brc1ccc2c(c1)-c1sc(COCCN3CCCCC3)cc1-c1ccccc1S2.Cl. The van der Waals surface area contributed by atoms with Gasteiger partial charge in [-0.1, -0.05) is 52.3 Å². The van der Waals surface area contributed by atoms with Crippen LogP contribution in [0.3, 0.4) is 0 Å². The van der Waals surface area contributed by atoms with E-state index in [4.69, 9.17) is 4.74 Å². The number of hydrogen-bond donors (Lipinski definition) is 0. The van der Waals surface area contributed by atoms with Crippen molar-refractivity contribution in [1.82, 2.24) is 4.90 Å². The predicted octanol–water partition coefficient (Wildman–Crippen LogP) is 7.73. The summed E-state index contributed by atoms with van der Waals surface area (Å²) in [7, 11) is 0. The van der Waals surface area contributed by atoms with E-state index in [0.717, 1.165) is 17.6 Å². The molecule has 0 unspecified atom stereocenters. The van der Waals surface area contributed by atoms with E-state index in [0.29, 0.717) is 6.61 Å². The Balaban J connectivity index is 0.00000218. The standard InChI is InChI=1S/C24H24BrNOS2.ClH/c25-17-8-9-23-21(14-17)24-20(19-6-2-3-7-22(19)29-23)15-18(28-24)16-27-13-12-26-10-4-1-5-11-26;/h2-3,6-9,14-15H,1,4-5,10-13,16H2;1H. The highest BCUT2D eigenvalue weighted by Crippen LogP contribution is 2.51. The molecule has 0 atom stereocenters. The largest absolute Gasteiger partial charge is 0.375 e. The number of rotatable bonds is 5. The van der Waals surface area contributed by atoms with Crippen molar-refractivity contribution in [3.63, 3.8) is 0 Å². The van der Waals surface area contributed by atoms with Crippen LogP contribution in [0.5, 0.6) is 0 Å². The molecule has 0 saturated carbocycles. The normalized spacial score (nSPS) is 15.5. The Labute approximate surface area is 201 Å². The molecular formula is C24H25BrClNOS2. The van der Waals surface area contributed by atoms with Gasteiger partial charge in [-0.2, -0.15) is 0 Å². The minimum Gasteiger partial charge on any atom is -0.375 e. The Morgan fingerprint density at radius 1 is 0.900 bits per heavy atom. The van der Waals surface area contributed by atoms with Crippen molar-refractivity contribution in [2.24, 2.45) is 0 Å². The second kappa shape index (κ2) is 10.2. The molecule has 30 heavy (non-hydrogen) atoms. The highest BCUT2D eigenvalue weighted by molar-refractivity contribution is 9.10. The van der Waals surface area contributed by atoms with Gasteiger partial charge in [0.05, 0.1) is 13.2 Å². The Morgan fingerprint density at radius 2 is 1.70 bits per heavy atom. The number of fused-ring (bicyclic) bond motifs is 5. The molecule has 1 aromatic heterocycles. The molecule has 3 heterocycles. The molecule has 0 spiro atoms. The summed E-state index contributed by atoms with van der Waals surface area (Å²) in [5.41, 5.74) is 3.99. The van der Waals surface area contributed by atoms with Crippen molar-refractivity contribution in [2.45, 2.75) is 35.7 Å². The summed E-state index contributed by atoms with van der Waals surface area (Å²) in [6.45, 7) is 5.04. The number of likely N-dealkylation sites (tertiary alicyclic amines) is 1. The first-order chi connectivity index (χ1) is 14.3. The number of halogens is 2. The molecule has 0 N–H and O–H groups in total. The number of ether oxygens (including phenoxy) is 1. The van der Waals surface area contributed by atoms with Crippen molar-refractivity contribution in [2.75, 3.05) is 26.2 Å². The lowest BCUT2D eigenvalue weighted by molar-refractivity contribution is 0.0878. The van der Waals surface area contributed by atoms with E-state index in [1.54, 1.807) is 0 Å². The smallest absolute Gasteiger partial charge is 0.0810 e. The summed E-state index contributed by atoms with van der Waals surface area (Å²) >= 11 is 7.41. The van der Waals surface area contributed by atoms with Gasteiger partial charge in [0.25, 0.3) is 0 Å². The van der Waals surface area contributed by atoms with E-state index in [1.807, 2.05) is 23.1 Å². The molecule has 2 nitrogen and oxygen atoms in total. The van der Waals surface area contributed by atoms with Crippen LogP contribution < -0.4 is 0 Å². The van der Waals surface area contributed by atoms with E-state index in [1.165, 1.54) is 68.6 Å². The average Bonchev–Trinajstić information content (AvgIpc) is 3.12. The van der Waals surface area contributed by atoms with Crippen LogP contribution in [-0.4, -0.2) is 31.1 Å². The summed E-state index contributed by atoms with van der Waals surface area (Å²) in [6, 6.07) is 17.7. The minimum absolute atomic E-state index is 0. The van der Waals surface area contributed by atoms with Gasteiger partial charge in [-0.3, -0.25) is 0 Å². The monoisotopic (exact) mass is 521 g/mol. The van der Waals surface area contributed by atoms with Crippen LogP contribution in [0.15, 0.2) is 62.8 Å². The number of benzene rings is 2. The molecule has 2 aliphatic heterocycles. The lowest BCUT2D eigenvalue weighted by atomic mass is 10.0. The third-order valence-electron chi connectivity index (χ3n) is 5.61. The van der Waals surface area contributed by atoms with Crippen LogP contribution in [0, 0.1) is 0 Å². The zero-order chi connectivity index (χ0) is 19.6. The second-order valence-corrected chi connectivity index (χ2v) is 10.8. The first kappa shape index (κ1) is 22.4. The lowest BCUT2D eigenvalue weighted by Crippen LogP contribution is -2.32. The number of thiophene rings is 1.